The summed E-state index contributed by atoms with van der Waals surface area (Å²) in [6.45, 7) is 4.19. The van der Waals surface area contributed by atoms with E-state index < -0.39 is 18.0 Å². The molecule has 1 heterocycles. The first-order valence-corrected chi connectivity index (χ1v) is 8.70. The number of primary amides is 1. The van der Waals surface area contributed by atoms with E-state index in [9.17, 15) is 14.4 Å². The third-order valence-corrected chi connectivity index (χ3v) is 4.96. The van der Waals surface area contributed by atoms with E-state index >= 15 is 0 Å². The highest BCUT2D eigenvalue weighted by molar-refractivity contribution is 5.92. The number of carbonyl (C=O) groups excluding carboxylic acids is 2. The summed E-state index contributed by atoms with van der Waals surface area (Å²) >= 11 is 0. The molecule has 0 saturated heterocycles. The van der Waals surface area contributed by atoms with Crippen molar-refractivity contribution in [1.82, 2.24) is 14.5 Å². The normalized spacial score (nSPS) is 16.0. The molecule has 7 heteroatoms. The summed E-state index contributed by atoms with van der Waals surface area (Å²) in [6.07, 6.45) is 3.40. The zero-order valence-electron chi connectivity index (χ0n) is 14.6. The van der Waals surface area contributed by atoms with Crippen molar-refractivity contribution in [2.24, 2.45) is 17.6 Å². The molecule has 7 nitrogen and oxygen atoms in total. The lowest BCUT2D eigenvalue weighted by Gasteiger charge is -2.25. The summed E-state index contributed by atoms with van der Waals surface area (Å²) in [5.74, 6) is -0.302. The van der Waals surface area contributed by atoms with Gasteiger partial charge in [0.05, 0.1) is 11.0 Å². The fraction of sp³-hybridized carbons (Fsp3) is 0.500. The summed E-state index contributed by atoms with van der Waals surface area (Å²) in [4.78, 5) is 37.2. The molecule has 25 heavy (non-hydrogen) atoms. The number of benzene rings is 1. The van der Waals surface area contributed by atoms with Crippen molar-refractivity contribution in [2.45, 2.75) is 45.7 Å². The van der Waals surface area contributed by atoms with E-state index in [1.165, 1.54) is 6.42 Å². The molecule has 3 N–H and O–H groups in total. The molecule has 2 aromatic rings. The lowest BCUT2D eigenvalue weighted by molar-refractivity contribution is -0.120. The van der Waals surface area contributed by atoms with Gasteiger partial charge < -0.3 is 11.1 Å². The summed E-state index contributed by atoms with van der Waals surface area (Å²) < 4.78 is 2.76. The zero-order chi connectivity index (χ0) is 18.1. The molecule has 134 valence electrons. The standard InChI is InChI=1S/C18H24N4O3/c1-11(2)15(16(19)23)20-17(24)22-14-9-4-3-8-13(14)21(18(22)25)10-12-6-5-7-12/h3-4,8-9,11-12,15H,5-7,10H2,1-2H3,(H2,19,23)(H,20,24)/t15-/m0/s1. The molecule has 0 unspecified atom stereocenters. The number of hydrogen-bond donors (Lipinski definition) is 2. The lowest BCUT2D eigenvalue weighted by Crippen LogP contribution is -2.50. The molecule has 1 aliphatic rings. The Morgan fingerprint density at radius 2 is 1.88 bits per heavy atom. The van der Waals surface area contributed by atoms with Crippen LogP contribution in [0.15, 0.2) is 29.1 Å². The minimum Gasteiger partial charge on any atom is -0.368 e. The molecule has 1 aliphatic carbocycles. The molecule has 1 saturated carbocycles. The summed E-state index contributed by atoms with van der Waals surface area (Å²) in [5.41, 5.74) is 6.26. The van der Waals surface area contributed by atoms with Crippen LogP contribution in [0.25, 0.3) is 11.0 Å². The summed E-state index contributed by atoms with van der Waals surface area (Å²) in [7, 11) is 0. The van der Waals surface area contributed by atoms with Gasteiger partial charge in [0.1, 0.15) is 6.04 Å². The van der Waals surface area contributed by atoms with Crippen LogP contribution in [0.5, 0.6) is 0 Å². The largest absolute Gasteiger partial charge is 0.368 e. The predicted octanol–water partition coefficient (Wildman–Crippen LogP) is 1.67. The number of nitrogens with zero attached hydrogens (tertiary/aromatic N) is 2. The molecule has 1 aromatic carbocycles. The van der Waals surface area contributed by atoms with Gasteiger partial charge in [-0.2, -0.15) is 0 Å². The van der Waals surface area contributed by atoms with Crippen molar-refractivity contribution in [1.29, 1.82) is 0 Å². The van der Waals surface area contributed by atoms with Crippen molar-refractivity contribution in [3.8, 4) is 0 Å². The van der Waals surface area contributed by atoms with Crippen molar-refractivity contribution < 1.29 is 9.59 Å². The van der Waals surface area contributed by atoms with Gasteiger partial charge in [-0.05, 0) is 36.8 Å². The third-order valence-electron chi connectivity index (χ3n) is 4.96. The second kappa shape index (κ2) is 6.74. The van der Waals surface area contributed by atoms with Crippen LogP contribution in [0.3, 0.4) is 0 Å². The highest BCUT2D eigenvalue weighted by atomic mass is 16.2. The van der Waals surface area contributed by atoms with E-state index in [2.05, 4.69) is 5.32 Å². The van der Waals surface area contributed by atoms with E-state index in [0.29, 0.717) is 18.0 Å². The topological polar surface area (TPSA) is 99.1 Å². The predicted molar refractivity (Wildman–Crippen MR) is 95.3 cm³/mol. The monoisotopic (exact) mass is 344 g/mol. The fourth-order valence-electron chi connectivity index (χ4n) is 3.28. The second-order valence-corrected chi connectivity index (χ2v) is 7.09. The molecular formula is C18H24N4O3. The van der Waals surface area contributed by atoms with E-state index in [0.717, 1.165) is 22.9 Å². The molecule has 0 spiro atoms. The highest BCUT2D eigenvalue weighted by Crippen LogP contribution is 2.28. The second-order valence-electron chi connectivity index (χ2n) is 7.09. The Balaban J connectivity index is 2.00. The Morgan fingerprint density at radius 1 is 1.24 bits per heavy atom. The van der Waals surface area contributed by atoms with Crippen LogP contribution in [-0.4, -0.2) is 27.1 Å². The lowest BCUT2D eigenvalue weighted by atomic mass is 9.85. The molecule has 3 rings (SSSR count). The number of amides is 2. The molecule has 1 aromatic heterocycles. The first-order chi connectivity index (χ1) is 11.9. The third kappa shape index (κ3) is 3.18. The van der Waals surface area contributed by atoms with Gasteiger partial charge in [-0.15, -0.1) is 0 Å². The first-order valence-electron chi connectivity index (χ1n) is 8.70. The van der Waals surface area contributed by atoms with Crippen molar-refractivity contribution in [2.75, 3.05) is 0 Å². The van der Waals surface area contributed by atoms with Gasteiger partial charge in [0.2, 0.25) is 5.91 Å². The molecule has 0 aliphatic heterocycles. The zero-order valence-corrected chi connectivity index (χ0v) is 14.6. The summed E-state index contributed by atoms with van der Waals surface area (Å²) in [6, 6.07) is 5.77. The average molecular weight is 344 g/mol. The molecular weight excluding hydrogens is 320 g/mol. The minimum absolute atomic E-state index is 0.166. The van der Waals surface area contributed by atoms with E-state index in [4.69, 9.17) is 5.73 Å². The van der Waals surface area contributed by atoms with Crippen LogP contribution in [-0.2, 0) is 11.3 Å². The van der Waals surface area contributed by atoms with Gasteiger partial charge in [0.15, 0.2) is 0 Å². The Hall–Kier alpha value is -2.57. The van der Waals surface area contributed by atoms with Gasteiger partial charge in [0.25, 0.3) is 0 Å². The average Bonchev–Trinajstić information content (AvgIpc) is 2.79. The number of nitrogens with one attached hydrogen (secondary N) is 1. The quantitative estimate of drug-likeness (QED) is 0.863. The van der Waals surface area contributed by atoms with E-state index in [1.807, 2.05) is 12.1 Å². The van der Waals surface area contributed by atoms with Gasteiger partial charge >= 0.3 is 11.7 Å². The van der Waals surface area contributed by atoms with Crippen molar-refractivity contribution in [3.05, 3.63) is 34.7 Å². The summed E-state index contributed by atoms with van der Waals surface area (Å²) in [5, 5.41) is 2.60. The number of carbonyl (C=O) groups is 2. The number of nitrogens with two attached hydrogens (primary N) is 1. The van der Waals surface area contributed by atoms with Crippen LogP contribution in [0, 0.1) is 11.8 Å². The number of hydrogen-bond acceptors (Lipinski definition) is 3. The van der Waals surface area contributed by atoms with Crippen LogP contribution < -0.4 is 16.7 Å². The van der Waals surface area contributed by atoms with Gasteiger partial charge in [-0.3, -0.25) is 9.36 Å². The van der Waals surface area contributed by atoms with Crippen LogP contribution >= 0.6 is 0 Å². The number of fused-ring (bicyclic) bond motifs is 1. The minimum atomic E-state index is -0.826. The van der Waals surface area contributed by atoms with Gasteiger partial charge in [-0.25, -0.2) is 14.2 Å². The van der Waals surface area contributed by atoms with Crippen LogP contribution in [0.1, 0.15) is 33.1 Å². The maximum Gasteiger partial charge on any atom is 0.337 e. The molecule has 0 bridgehead atoms. The number of rotatable bonds is 5. The molecule has 1 fully saturated rings. The SMILES string of the molecule is CC(C)[C@H](NC(=O)n1c(=O)n(CC2CCC2)c2ccccc21)C(N)=O. The Kier molecular flexibility index (Phi) is 4.65. The Labute approximate surface area is 145 Å². The smallest absolute Gasteiger partial charge is 0.337 e. The van der Waals surface area contributed by atoms with Crippen LogP contribution in [0.2, 0.25) is 0 Å². The van der Waals surface area contributed by atoms with E-state index in [1.54, 1.807) is 30.5 Å². The molecule has 0 radical (unpaired) electrons. The number of imidazole rings is 1. The van der Waals surface area contributed by atoms with Crippen molar-refractivity contribution in [3.63, 3.8) is 0 Å². The fourth-order valence-corrected chi connectivity index (χ4v) is 3.28. The molecule has 1 atom stereocenters. The number of para-hydroxylation sites is 2. The molecule has 2 amide bonds. The highest BCUT2D eigenvalue weighted by Gasteiger charge is 2.27. The van der Waals surface area contributed by atoms with Gasteiger partial charge in [-0.1, -0.05) is 32.4 Å². The Morgan fingerprint density at radius 3 is 2.40 bits per heavy atom. The van der Waals surface area contributed by atoms with Crippen LogP contribution in [0.4, 0.5) is 4.79 Å². The first kappa shape index (κ1) is 17.3. The Bertz CT molecular complexity index is 861. The van der Waals surface area contributed by atoms with Crippen molar-refractivity contribution >= 4 is 23.0 Å². The maximum atomic E-state index is 12.9. The van der Waals surface area contributed by atoms with E-state index in [-0.39, 0.29) is 11.6 Å². The van der Waals surface area contributed by atoms with Gasteiger partial charge in [0, 0.05) is 6.54 Å². The number of aromatic nitrogens is 2. The maximum absolute atomic E-state index is 12.9.